The molecule has 0 saturated carbocycles. The predicted molar refractivity (Wildman–Crippen MR) is 79.1 cm³/mol. The molecule has 9 heteroatoms. The molecule has 110 valence electrons. The van der Waals surface area contributed by atoms with Gasteiger partial charge in [0.25, 0.3) is 0 Å². The Morgan fingerprint density at radius 1 is 1.24 bits per heavy atom. The zero-order chi connectivity index (χ0) is 15.5. The Hall–Kier alpha value is -2.49. The lowest BCUT2D eigenvalue weighted by atomic mass is 10.0. The van der Waals surface area contributed by atoms with Gasteiger partial charge >= 0.3 is 0 Å². The largest absolute Gasteiger partial charge is 0.382 e. The van der Waals surface area contributed by atoms with Gasteiger partial charge in [-0.15, -0.1) is 5.10 Å². The number of benzene rings is 1. The molecule has 1 aromatic heterocycles. The number of amidine groups is 1. The average Bonchev–Trinajstić information content (AvgIpc) is 2.46. The molecule has 0 aliphatic heterocycles. The van der Waals surface area contributed by atoms with Crippen molar-refractivity contribution in [3.8, 4) is 11.1 Å². The highest BCUT2D eigenvalue weighted by Crippen LogP contribution is 2.27. The number of nitrogens with zero attached hydrogens (tertiary/aromatic N) is 2. The molecule has 0 bridgehead atoms. The number of rotatable bonds is 4. The van der Waals surface area contributed by atoms with E-state index < -0.39 is 10.0 Å². The normalized spacial score (nSPS) is 12.2. The minimum atomic E-state index is -3.98. The average molecular weight is 306 g/mol. The highest BCUT2D eigenvalue weighted by atomic mass is 32.2. The fourth-order valence-electron chi connectivity index (χ4n) is 1.92. The molecule has 0 aliphatic carbocycles. The van der Waals surface area contributed by atoms with Crippen molar-refractivity contribution < 1.29 is 8.42 Å². The molecule has 2 rings (SSSR count). The third-order valence-corrected chi connectivity index (χ3v) is 3.70. The molecule has 8 nitrogen and oxygen atoms in total. The van der Waals surface area contributed by atoms with Gasteiger partial charge in [-0.25, -0.2) is 24.9 Å². The second-order valence-corrected chi connectivity index (χ2v) is 5.62. The van der Waals surface area contributed by atoms with E-state index in [-0.39, 0.29) is 16.3 Å². The number of nitrogens with two attached hydrogens (primary N) is 3. The van der Waals surface area contributed by atoms with E-state index in [9.17, 15) is 8.42 Å². The van der Waals surface area contributed by atoms with Crippen LogP contribution in [-0.4, -0.2) is 19.2 Å². The minimum Gasteiger partial charge on any atom is -0.382 e. The summed E-state index contributed by atoms with van der Waals surface area (Å²) in [5.74, 6) is 5.01. The van der Waals surface area contributed by atoms with Gasteiger partial charge in [-0.2, -0.15) is 0 Å². The van der Waals surface area contributed by atoms with Crippen molar-refractivity contribution in [2.45, 2.75) is 4.90 Å². The molecule has 0 fully saturated rings. The number of hydrogen-bond acceptors (Lipinski definition) is 6. The molecule has 0 radical (unpaired) electrons. The zero-order valence-electron chi connectivity index (χ0n) is 10.9. The Balaban J connectivity index is 2.81. The van der Waals surface area contributed by atoms with Crippen molar-refractivity contribution in [3.63, 3.8) is 0 Å². The van der Waals surface area contributed by atoms with Crippen LogP contribution in [0.2, 0.25) is 0 Å². The first-order chi connectivity index (χ1) is 9.95. The molecule has 0 atom stereocenters. The van der Waals surface area contributed by atoms with E-state index in [0.717, 1.165) is 0 Å². The van der Waals surface area contributed by atoms with E-state index in [4.69, 9.17) is 16.7 Å². The maximum absolute atomic E-state index is 11.7. The first kappa shape index (κ1) is 14.9. The van der Waals surface area contributed by atoms with Crippen LogP contribution in [0.25, 0.3) is 11.1 Å². The Morgan fingerprint density at radius 3 is 2.57 bits per heavy atom. The van der Waals surface area contributed by atoms with Crippen LogP contribution in [0.1, 0.15) is 5.56 Å². The van der Waals surface area contributed by atoms with E-state index in [2.05, 4.69) is 10.1 Å². The maximum atomic E-state index is 11.7. The van der Waals surface area contributed by atoms with Crippen LogP contribution >= 0.6 is 0 Å². The van der Waals surface area contributed by atoms with E-state index >= 15 is 0 Å². The van der Waals surface area contributed by atoms with Crippen molar-refractivity contribution in [1.82, 2.24) is 10.5 Å². The van der Waals surface area contributed by atoms with Gasteiger partial charge in [0.2, 0.25) is 10.0 Å². The second kappa shape index (κ2) is 5.87. The third kappa shape index (κ3) is 3.16. The van der Waals surface area contributed by atoms with Crippen LogP contribution in [0.4, 0.5) is 0 Å². The van der Waals surface area contributed by atoms with Crippen LogP contribution in [-0.2, 0) is 10.0 Å². The molecule has 0 spiro atoms. The highest BCUT2D eigenvalue weighted by Gasteiger charge is 2.20. The number of hydrogen-bond donors (Lipinski definition) is 4. The molecule has 1 heterocycles. The van der Waals surface area contributed by atoms with Crippen LogP contribution in [0.3, 0.4) is 0 Å². The number of nitrogens with one attached hydrogen (secondary N) is 1. The van der Waals surface area contributed by atoms with Gasteiger partial charge in [0.1, 0.15) is 0 Å². The SMILES string of the molecule is NN/N=C(\N)c1c(-c2cccnc2)cccc1S(N)(=O)=O. The molecule has 0 amide bonds. The number of hydrazine groups is 1. The highest BCUT2D eigenvalue weighted by molar-refractivity contribution is 7.89. The van der Waals surface area contributed by atoms with E-state index in [1.165, 1.54) is 6.07 Å². The lowest BCUT2D eigenvalue weighted by Gasteiger charge is -2.13. The van der Waals surface area contributed by atoms with Crippen molar-refractivity contribution in [3.05, 3.63) is 48.3 Å². The van der Waals surface area contributed by atoms with Crippen molar-refractivity contribution in [1.29, 1.82) is 0 Å². The standard InChI is InChI=1S/C12H14N6O2S/c13-12(17-18-14)11-9(8-3-2-6-16-7-8)4-1-5-10(11)21(15,19)20/h1-7,18H,14H2,(H2,13,17)(H2,15,19,20). The van der Waals surface area contributed by atoms with Gasteiger partial charge in [-0.1, -0.05) is 18.2 Å². The summed E-state index contributed by atoms with van der Waals surface area (Å²) in [5, 5.41) is 8.87. The second-order valence-electron chi connectivity index (χ2n) is 4.09. The predicted octanol–water partition coefficient (Wildman–Crippen LogP) is -0.520. The molecular formula is C12H14N6O2S. The molecule has 0 unspecified atom stereocenters. The Bertz CT molecular complexity index is 774. The summed E-state index contributed by atoms with van der Waals surface area (Å²) >= 11 is 0. The summed E-state index contributed by atoms with van der Waals surface area (Å²) in [5.41, 5.74) is 9.22. The quantitative estimate of drug-likeness (QED) is 0.258. The molecule has 1 aromatic carbocycles. The van der Waals surface area contributed by atoms with Gasteiger partial charge in [0.15, 0.2) is 5.84 Å². The summed E-state index contributed by atoms with van der Waals surface area (Å²) < 4.78 is 23.5. The molecule has 2 aromatic rings. The van der Waals surface area contributed by atoms with Gasteiger partial charge < -0.3 is 5.73 Å². The number of hydrazone groups is 1. The molecule has 21 heavy (non-hydrogen) atoms. The van der Waals surface area contributed by atoms with Gasteiger partial charge in [-0.05, 0) is 17.7 Å². The maximum Gasteiger partial charge on any atom is 0.238 e. The van der Waals surface area contributed by atoms with Crippen LogP contribution in [0, 0.1) is 0 Å². The summed E-state index contributed by atoms with van der Waals surface area (Å²) in [6.45, 7) is 0. The van der Waals surface area contributed by atoms with E-state index in [1.807, 2.05) is 5.53 Å². The number of aromatic nitrogens is 1. The van der Waals surface area contributed by atoms with Gasteiger partial charge in [0.05, 0.1) is 4.90 Å². The van der Waals surface area contributed by atoms with Gasteiger partial charge in [0, 0.05) is 23.5 Å². The Kier molecular flexibility index (Phi) is 4.17. The molecule has 0 saturated heterocycles. The summed E-state index contributed by atoms with van der Waals surface area (Å²) in [4.78, 5) is 3.86. The first-order valence-corrected chi connectivity index (χ1v) is 7.35. The van der Waals surface area contributed by atoms with Crippen molar-refractivity contribution in [2.24, 2.45) is 21.8 Å². The summed E-state index contributed by atoms with van der Waals surface area (Å²) in [7, 11) is -3.98. The van der Waals surface area contributed by atoms with Crippen molar-refractivity contribution >= 4 is 15.9 Å². The number of primary sulfonamides is 1. The number of sulfonamides is 1. The summed E-state index contributed by atoms with van der Waals surface area (Å²) in [6.07, 6.45) is 3.18. The first-order valence-electron chi connectivity index (χ1n) is 5.80. The fourth-order valence-corrected chi connectivity index (χ4v) is 2.69. The van der Waals surface area contributed by atoms with Gasteiger partial charge in [-0.3, -0.25) is 4.98 Å². The van der Waals surface area contributed by atoms with Crippen LogP contribution < -0.4 is 22.3 Å². The van der Waals surface area contributed by atoms with Crippen LogP contribution in [0.15, 0.2) is 52.7 Å². The minimum absolute atomic E-state index is 0.0963. The Morgan fingerprint density at radius 2 is 2.00 bits per heavy atom. The summed E-state index contributed by atoms with van der Waals surface area (Å²) in [6, 6.07) is 8.09. The fraction of sp³-hybridized carbons (Fsp3) is 0. The Labute approximate surface area is 121 Å². The van der Waals surface area contributed by atoms with E-state index in [1.54, 1.807) is 36.7 Å². The molecule has 7 N–H and O–H groups in total. The lowest BCUT2D eigenvalue weighted by Crippen LogP contribution is -2.26. The third-order valence-electron chi connectivity index (χ3n) is 2.75. The smallest absolute Gasteiger partial charge is 0.238 e. The molecule has 0 aliphatic rings. The zero-order valence-corrected chi connectivity index (χ0v) is 11.7. The number of pyridine rings is 1. The topological polar surface area (TPSA) is 149 Å². The van der Waals surface area contributed by atoms with E-state index in [0.29, 0.717) is 11.1 Å². The van der Waals surface area contributed by atoms with Crippen molar-refractivity contribution in [2.75, 3.05) is 0 Å². The monoisotopic (exact) mass is 306 g/mol. The lowest BCUT2D eigenvalue weighted by molar-refractivity contribution is 0.597. The van der Waals surface area contributed by atoms with Crippen LogP contribution in [0.5, 0.6) is 0 Å². The molecular weight excluding hydrogens is 292 g/mol.